The molecule has 140 valence electrons. The van der Waals surface area contributed by atoms with E-state index >= 15 is 0 Å². The minimum atomic E-state index is -0.591. The zero-order valence-corrected chi connectivity index (χ0v) is 16.2. The van der Waals surface area contributed by atoms with E-state index in [-0.39, 0.29) is 5.91 Å². The van der Waals surface area contributed by atoms with Gasteiger partial charge in [0, 0.05) is 17.1 Å². The van der Waals surface area contributed by atoms with Crippen molar-refractivity contribution in [2.45, 2.75) is 32.9 Å². The fraction of sp³-hybridized carbons (Fsp3) is 0.350. The summed E-state index contributed by atoms with van der Waals surface area (Å²) in [5.74, 6) is 1.69. The lowest BCUT2D eigenvalue weighted by atomic mass is 10.1. The van der Waals surface area contributed by atoms with Crippen LogP contribution in [-0.4, -0.2) is 26.2 Å². The number of benzene rings is 2. The largest absolute Gasteiger partial charge is 0.493 e. The Hall–Kier alpha value is -2.40. The Labute approximate surface area is 159 Å². The van der Waals surface area contributed by atoms with Gasteiger partial charge in [0.15, 0.2) is 17.6 Å². The van der Waals surface area contributed by atoms with Crippen molar-refractivity contribution >= 4 is 17.5 Å². The van der Waals surface area contributed by atoms with Crippen LogP contribution in [-0.2, 0) is 11.3 Å². The van der Waals surface area contributed by atoms with Gasteiger partial charge in [-0.25, -0.2) is 0 Å². The van der Waals surface area contributed by atoms with Crippen LogP contribution in [0.5, 0.6) is 17.2 Å². The van der Waals surface area contributed by atoms with E-state index in [0.717, 1.165) is 11.1 Å². The third-order valence-corrected chi connectivity index (χ3v) is 4.24. The number of carbonyl (C=O) groups excluding carboxylic acids is 1. The van der Waals surface area contributed by atoms with Crippen molar-refractivity contribution in [1.29, 1.82) is 0 Å². The molecule has 0 aliphatic heterocycles. The van der Waals surface area contributed by atoms with Crippen LogP contribution in [0.1, 0.15) is 24.5 Å². The second-order valence-corrected chi connectivity index (χ2v) is 6.23. The SMILES string of the molecule is CCC(Oc1ccc(Cl)cc1C)C(=O)NCc1cccc(OC)c1OC. The highest BCUT2D eigenvalue weighted by Crippen LogP contribution is 2.30. The maximum atomic E-state index is 12.6. The molecular weight excluding hydrogens is 354 g/mol. The minimum Gasteiger partial charge on any atom is -0.493 e. The van der Waals surface area contributed by atoms with Gasteiger partial charge in [-0.2, -0.15) is 0 Å². The number of ether oxygens (including phenoxy) is 3. The van der Waals surface area contributed by atoms with Gasteiger partial charge in [0.25, 0.3) is 5.91 Å². The maximum Gasteiger partial charge on any atom is 0.261 e. The van der Waals surface area contributed by atoms with Crippen LogP contribution in [0.2, 0.25) is 5.02 Å². The quantitative estimate of drug-likeness (QED) is 0.751. The number of amides is 1. The lowest BCUT2D eigenvalue weighted by Gasteiger charge is -2.19. The van der Waals surface area contributed by atoms with E-state index in [4.69, 9.17) is 25.8 Å². The van der Waals surface area contributed by atoms with Crippen LogP contribution < -0.4 is 19.5 Å². The Morgan fingerprint density at radius 2 is 1.92 bits per heavy atom. The standard InChI is InChI=1S/C20H24ClNO4/c1-5-16(26-17-10-9-15(21)11-13(17)2)20(23)22-12-14-7-6-8-18(24-3)19(14)25-4/h6-11,16H,5,12H2,1-4H3,(H,22,23). The number of halogens is 1. The number of carbonyl (C=O) groups is 1. The molecule has 1 unspecified atom stereocenters. The van der Waals surface area contributed by atoms with Gasteiger partial charge in [0.05, 0.1) is 14.2 Å². The Morgan fingerprint density at radius 1 is 1.15 bits per heavy atom. The van der Waals surface area contributed by atoms with Gasteiger partial charge in [-0.15, -0.1) is 0 Å². The van der Waals surface area contributed by atoms with Crippen molar-refractivity contribution in [3.05, 3.63) is 52.5 Å². The summed E-state index contributed by atoms with van der Waals surface area (Å²) in [4.78, 5) is 12.6. The normalized spacial score (nSPS) is 11.6. The summed E-state index contributed by atoms with van der Waals surface area (Å²) in [6, 6.07) is 10.9. The molecule has 0 saturated heterocycles. The van der Waals surface area contributed by atoms with Gasteiger partial charge in [-0.05, 0) is 43.2 Å². The monoisotopic (exact) mass is 377 g/mol. The predicted octanol–water partition coefficient (Wildman–Crippen LogP) is 4.14. The molecule has 0 spiro atoms. The van der Waals surface area contributed by atoms with Crippen LogP contribution in [0.25, 0.3) is 0 Å². The van der Waals surface area contributed by atoms with Crippen molar-refractivity contribution < 1.29 is 19.0 Å². The minimum absolute atomic E-state index is 0.188. The van der Waals surface area contributed by atoms with Crippen molar-refractivity contribution in [2.24, 2.45) is 0 Å². The molecule has 0 heterocycles. The van der Waals surface area contributed by atoms with Crippen molar-refractivity contribution in [2.75, 3.05) is 14.2 Å². The Morgan fingerprint density at radius 3 is 2.54 bits per heavy atom. The number of aryl methyl sites for hydroxylation is 1. The van der Waals surface area contributed by atoms with Gasteiger partial charge >= 0.3 is 0 Å². The maximum absolute atomic E-state index is 12.6. The average Bonchev–Trinajstić information content (AvgIpc) is 2.65. The van der Waals surface area contributed by atoms with E-state index in [2.05, 4.69) is 5.32 Å². The smallest absolute Gasteiger partial charge is 0.261 e. The molecule has 5 nitrogen and oxygen atoms in total. The number of methoxy groups -OCH3 is 2. The molecule has 0 aromatic heterocycles. The molecule has 1 N–H and O–H groups in total. The number of nitrogens with one attached hydrogen (secondary N) is 1. The molecule has 26 heavy (non-hydrogen) atoms. The summed E-state index contributed by atoms with van der Waals surface area (Å²) in [6.45, 7) is 4.12. The molecule has 0 bridgehead atoms. The lowest BCUT2D eigenvalue weighted by Crippen LogP contribution is -2.37. The molecule has 2 aromatic carbocycles. The van der Waals surface area contributed by atoms with Crippen molar-refractivity contribution in [3.8, 4) is 17.2 Å². The molecule has 2 aromatic rings. The van der Waals surface area contributed by atoms with Gasteiger partial charge < -0.3 is 19.5 Å². The molecule has 0 aliphatic rings. The van der Waals surface area contributed by atoms with Gasteiger partial charge in [-0.3, -0.25) is 4.79 Å². The van der Waals surface area contributed by atoms with E-state index in [1.807, 2.05) is 38.1 Å². The topological polar surface area (TPSA) is 56.8 Å². The average molecular weight is 378 g/mol. The summed E-state index contributed by atoms with van der Waals surface area (Å²) in [5, 5.41) is 3.54. The first-order chi connectivity index (χ1) is 12.5. The van der Waals surface area contributed by atoms with Crippen LogP contribution >= 0.6 is 11.6 Å². The summed E-state index contributed by atoms with van der Waals surface area (Å²) in [7, 11) is 3.15. The molecule has 1 atom stereocenters. The fourth-order valence-electron chi connectivity index (χ4n) is 2.61. The van der Waals surface area contributed by atoms with Gasteiger partial charge in [-0.1, -0.05) is 30.7 Å². The first-order valence-electron chi connectivity index (χ1n) is 8.40. The molecule has 2 rings (SSSR count). The Kier molecular flexibility index (Phi) is 7.16. The molecular formula is C20H24ClNO4. The van der Waals surface area contributed by atoms with Crippen molar-refractivity contribution in [1.82, 2.24) is 5.32 Å². The molecule has 0 radical (unpaired) electrons. The van der Waals surface area contributed by atoms with E-state index in [1.54, 1.807) is 26.4 Å². The summed E-state index contributed by atoms with van der Waals surface area (Å²) in [5.41, 5.74) is 1.72. The zero-order chi connectivity index (χ0) is 19.1. The van der Waals surface area contributed by atoms with E-state index in [9.17, 15) is 4.79 Å². The Bertz CT molecular complexity index is 763. The van der Waals surface area contributed by atoms with Gasteiger partial charge in [0.1, 0.15) is 5.75 Å². The van der Waals surface area contributed by atoms with Crippen molar-refractivity contribution in [3.63, 3.8) is 0 Å². The van der Waals surface area contributed by atoms with Crippen LogP contribution in [0.4, 0.5) is 0 Å². The highest BCUT2D eigenvalue weighted by Gasteiger charge is 2.20. The summed E-state index contributed by atoms with van der Waals surface area (Å²) < 4.78 is 16.5. The van der Waals surface area contributed by atoms with Crippen LogP contribution in [0.3, 0.4) is 0 Å². The highest BCUT2D eigenvalue weighted by molar-refractivity contribution is 6.30. The summed E-state index contributed by atoms with van der Waals surface area (Å²) in [6.07, 6.45) is -0.0464. The second kappa shape index (κ2) is 9.34. The summed E-state index contributed by atoms with van der Waals surface area (Å²) >= 11 is 5.96. The first kappa shape index (κ1) is 19.9. The predicted molar refractivity (Wildman–Crippen MR) is 102 cm³/mol. The molecule has 0 aliphatic carbocycles. The van der Waals surface area contributed by atoms with Gasteiger partial charge in [0.2, 0.25) is 0 Å². The Balaban J connectivity index is 2.06. The molecule has 0 fully saturated rings. The van der Waals surface area contributed by atoms with E-state index in [0.29, 0.717) is 35.2 Å². The molecule has 0 saturated carbocycles. The molecule has 6 heteroatoms. The first-order valence-corrected chi connectivity index (χ1v) is 8.78. The lowest BCUT2D eigenvalue weighted by molar-refractivity contribution is -0.128. The second-order valence-electron chi connectivity index (χ2n) is 5.80. The number of para-hydroxylation sites is 1. The third-order valence-electron chi connectivity index (χ3n) is 4.01. The number of rotatable bonds is 8. The van der Waals surface area contributed by atoms with Crippen LogP contribution in [0, 0.1) is 6.92 Å². The van der Waals surface area contributed by atoms with E-state index in [1.165, 1.54) is 0 Å². The number of hydrogen-bond donors (Lipinski definition) is 1. The molecule has 1 amide bonds. The highest BCUT2D eigenvalue weighted by atomic mass is 35.5. The third kappa shape index (κ3) is 4.82. The van der Waals surface area contributed by atoms with Crippen LogP contribution in [0.15, 0.2) is 36.4 Å². The fourth-order valence-corrected chi connectivity index (χ4v) is 2.84. The zero-order valence-electron chi connectivity index (χ0n) is 15.5. The number of hydrogen-bond acceptors (Lipinski definition) is 4. The van der Waals surface area contributed by atoms with E-state index < -0.39 is 6.10 Å².